The van der Waals surface area contributed by atoms with E-state index in [1.807, 2.05) is 12.1 Å². The van der Waals surface area contributed by atoms with E-state index in [1.165, 1.54) is 24.0 Å². The molecule has 1 aliphatic rings. The van der Waals surface area contributed by atoms with Crippen molar-refractivity contribution >= 4 is 17.3 Å². The second-order valence-electron chi connectivity index (χ2n) is 5.45. The molecule has 0 aromatic heterocycles. The smallest absolute Gasteiger partial charge is 0.101 e. The number of hydrogen-bond acceptors (Lipinski definition) is 2. The highest BCUT2D eigenvalue weighted by Crippen LogP contribution is 2.32. The van der Waals surface area contributed by atoms with E-state index in [1.54, 1.807) is 6.07 Å². The van der Waals surface area contributed by atoms with Gasteiger partial charge in [0.2, 0.25) is 0 Å². The maximum absolute atomic E-state index is 9.09. The molecule has 21 heavy (non-hydrogen) atoms. The molecule has 1 atom stereocenters. The number of halogens is 1. The molecule has 0 heterocycles. The zero-order chi connectivity index (χ0) is 14.7. The summed E-state index contributed by atoms with van der Waals surface area (Å²) < 4.78 is 0. The van der Waals surface area contributed by atoms with E-state index in [9.17, 15) is 0 Å². The Morgan fingerprint density at radius 1 is 1.14 bits per heavy atom. The van der Waals surface area contributed by atoms with Crippen LogP contribution in [0.4, 0.5) is 5.69 Å². The lowest BCUT2D eigenvalue weighted by molar-refractivity contribution is 0.644. The number of anilines is 1. The molecule has 2 aromatic carbocycles. The molecule has 1 aliphatic carbocycles. The first-order valence-corrected chi connectivity index (χ1v) is 7.70. The van der Waals surface area contributed by atoms with Crippen LogP contribution in [-0.4, -0.2) is 0 Å². The Morgan fingerprint density at radius 2 is 2.00 bits per heavy atom. The van der Waals surface area contributed by atoms with Gasteiger partial charge in [0.25, 0.3) is 0 Å². The highest BCUT2D eigenvalue weighted by molar-refractivity contribution is 6.31. The monoisotopic (exact) mass is 296 g/mol. The minimum absolute atomic E-state index is 0.302. The summed E-state index contributed by atoms with van der Waals surface area (Å²) in [6.07, 6.45) is 4.71. The van der Waals surface area contributed by atoms with Gasteiger partial charge in [-0.05, 0) is 48.6 Å². The summed E-state index contributed by atoms with van der Waals surface area (Å²) >= 11 is 6.00. The lowest BCUT2D eigenvalue weighted by Gasteiger charge is -2.21. The minimum Gasteiger partial charge on any atom is -0.378 e. The number of nitrogens with zero attached hydrogens (tertiary/aromatic N) is 1. The number of rotatable bonds is 2. The molecular formula is C18H17ClN2. The first kappa shape index (κ1) is 14.0. The Labute approximate surface area is 130 Å². The molecule has 0 saturated heterocycles. The summed E-state index contributed by atoms with van der Waals surface area (Å²) in [4.78, 5) is 0. The number of benzene rings is 2. The average Bonchev–Trinajstić information content (AvgIpc) is 2.72. The number of fused-ring (bicyclic) bond motifs is 1. The highest BCUT2D eigenvalue weighted by atomic mass is 35.5. The third-order valence-corrected chi connectivity index (χ3v) is 4.38. The molecule has 1 N–H and O–H groups in total. The SMILES string of the molecule is N#Cc1cc(NC2CCCCc3ccccc32)ccc1Cl. The number of hydrogen-bond donors (Lipinski definition) is 1. The van der Waals surface area contributed by atoms with Crippen LogP contribution < -0.4 is 5.32 Å². The van der Waals surface area contributed by atoms with Gasteiger partial charge in [0.1, 0.15) is 6.07 Å². The summed E-state index contributed by atoms with van der Waals surface area (Å²) in [5.74, 6) is 0. The summed E-state index contributed by atoms with van der Waals surface area (Å²) in [6.45, 7) is 0. The zero-order valence-corrected chi connectivity index (χ0v) is 12.5. The van der Waals surface area contributed by atoms with Crippen molar-refractivity contribution in [2.45, 2.75) is 31.7 Å². The molecule has 0 aliphatic heterocycles. The van der Waals surface area contributed by atoms with Crippen LogP contribution in [0.15, 0.2) is 42.5 Å². The van der Waals surface area contributed by atoms with E-state index >= 15 is 0 Å². The van der Waals surface area contributed by atoms with Crippen LogP contribution in [0.3, 0.4) is 0 Å². The van der Waals surface area contributed by atoms with Gasteiger partial charge < -0.3 is 5.32 Å². The molecule has 3 rings (SSSR count). The first-order valence-electron chi connectivity index (χ1n) is 7.32. The molecule has 0 bridgehead atoms. The van der Waals surface area contributed by atoms with Crippen LogP contribution in [0.25, 0.3) is 0 Å². The van der Waals surface area contributed by atoms with Crippen LogP contribution >= 0.6 is 11.6 Å². The van der Waals surface area contributed by atoms with Gasteiger partial charge in [-0.25, -0.2) is 0 Å². The zero-order valence-electron chi connectivity index (χ0n) is 11.8. The second-order valence-corrected chi connectivity index (χ2v) is 5.86. The Hall–Kier alpha value is -1.98. The fourth-order valence-electron chi connectivity index (χ4n) is 2.97. The number of aryl methyl sites for hydroxylation is 1. The third kappa shape index (κ3) is 3.04. The lowest BCUT2D eigenvalue weighted by atomic mass is 9.99. The number of nitrogens with one attached hydrogen (secondary N) is 1. The molecule has 2 nitrogen and oxygen atoms in total. The van der Waals surface area contributed by atoms with Crippen molar-refractivity contribution < 1.29 is 0 Å². The lowest BCUT2D eigenvalue weighted by Crippen LogP contribution is -2.11. The Balaban J connectivity index is 1.89. The predicted molar refractivity (Wildman–Crippen MR) is 86.5 cm³/mol. The van der Waals surface area contributed by atoms with Crippen molar-refractivity contribution in [2.75, 3.05) is 5.32 Å². The van der Waals surface area contributed by atoms with Gasteiger partial charge >= 0.3 is 0 Å². The van der Waals surface area contributed by atoms with Gasteiger partial charge in [-0.3, -0.25) is 0 Å². The molecule has 106 valence electrons. The van der Waals surface area contributed by atoms with Gasteiger partial charge in [-0.1, -0.05) is 42.3 Å². The normalized spacial score (nSPS) is 17.4. The Morgan fingerprint density at radius 3 is 2.86 bits per heavy atom. The van der Waals surface area contributed by atoms with Crippen molar-refractivity contribution in [1.29, 1.82) is 5.26 Å². The fourth-order valence-corrected chi connectivity index (χ4v) is 3.13. The largest absolute Gasteiger partial charge is 0.378 e. The minimum atomic E-state index is 0.302. The third-order valence-electron chi connectivity index (χ3n) is 4.05. The van der Waals surface area contributed by atoms with E-state index in [4.69, 9.17) is 16.9 Å². The molecule has 3 heteroatoms. The van der Waals surface area contributed by atoms with E-state index < -0.39 is 0 Å². The average molecular weight is 297 g/mol. The predicted octanol–water partition coefficient (Wildman–Crippen LogP) is 5.09. The van der Waals surface area contributed by atoms with Crippen molar-refractivity contribution in [2.24, 2.45) is 0 Å². The Bertz CT molecular complexity index is 688. The standard InChI is InChI=1S/C18H17ClN2/c19-17-10-9-15(11-14(17)12-20)21-18-8-4-2-6-13-5-1-3-7-16(13)18/h1,3,5,7,9-11,18,21H,2,4,6,8H2. The van der Waals surface area contributed by atoms with E-state index in [0.29, 0.717) is 16.6 Å². The fraction of sp³-hybridized carbons (Fsp3) is 0.278. The van der Waals surface area contributed by atoms with Gasteiger partial charge in [0, 0.05) is 5.69 Å². The summed E-state index contributed by atoms with van der Waals surface area (Å²) in [5.41, 5.74) is 4.28. The molecule has 0 radical (unpaired) electrons. The van der Waals surface area contributed by atoms with Gasteiger partial charge in [0.15, 0.2) is 0 Å². The maximum Gasteiger partial charge on any atom is 0.101 e. The topological polar surface area (TPSA) is 35.8 Å². The van der Waals surface area contributed by atoms with E-state index in [2.05, 4.69) is 35.7 Å². The molecule has 1 unspecified atom stereocenters. The van der Waals surface area contributed by atoms with E-state index in [-0.39, 0.29) is 0 Å². The van der Waals surface area contributed by atoms with Crippen molar-refractivity contribution in [1.82, 2.24) is 0 Å². The van der Waals surface area contributed by atoms with Crippen LogP contribution in [0.5, 0.6) is 0 Å². The summed E-state index contributed by atoms with van der Waals surface area (Å²) in [5, 5.41) is 13.2. The molecule has 0 spiro atoms. The van der Waals surface area contributed by atoms with Gasteiger partial charge in [-0.15, -0.1) is 0 Å². The van der Waals surface area contributed by atoms with Crippen molar-refractivity contribution in [3.63, 3.8) is 0 Å². The van der Waals surface area contributed by atoms with Crippen LogP contribution in [-0.2, 0) is 6.42 Å². The molecule has 0 amide bonds. The first-order chi connectivity index (χ1) is 10.3. The summed E-state index contributed by atoms with van der Waals surface area (Å²) in [7, 11) is 0. The molecule has 2 aromatic rings. The molecule has 0 saturated carbocycles. The van der Waals surface area contributed by atoms with Crippen molar-refractivity contribution in [3.05, 3.63) is 64.2 Å². The van der Waals surface area contributed by atoms with E-state index in [0.717, 1.165) is 18.5 Å². The number of nitriles is 1. The van der Waals surface area contributed by atoms with Crippen LogP contribution in [0.1, 0.15) is 42.0 Å². The summed E-state index contributed by atoms with van der Waals surface area (Å²) in [6, 6.07) is 16.6. The quantitative estimate of drug-likeness (QED) is 0.783. The highest BCUT2D eigenvalue weighted by Gasteiger charge is 2.18. The maximum atomic E-state index is 9.09. The van der Waals surface area contributed by atoms with Gasteiger partial charge in [0.05, 0.1) is 16.6 Å². The van der Waals surface area contributed by atoms with Crippen LogP contribution in [0.2, 0.25) is 5.02 Å². The molecular weight excluding hydrogens is 280 g/mol. The Kier molecular flexibility index (Phi) is 4.13. The van der Waals surface area contributed by atoms with Crippen molar-refractivity contribution in [3.8, 4) is 6.07 Å². The van der Waals surface area contributed by atoms with Gasteiger partial charge in [-0.2, -0.15) is 5.26 Å². The van der Waals surface area contributed by atoms with Crippen LogP contribution in [0, 0.1) is 11.3 Å². The molecule has 0 fully saturated rings. The second kappa shape index (κ2) is 6.20.